The van der Waals surface area contributed by atoms with Crippen LogP contribution < -0.4 is 15.4 Å². The van der Waals surface area contributed by atoms with Gasteiger partial charge in [-0.25, -0.2) is 0 Å². The summed E-state index contributed by atoms with van der Waals surface area (Å²) >= 11 is 0. The molecule has 1 fully saturated rings. The molecule has 0 saturated carbocycles. The average molecular weight is 277 g/mol. The number of nitrogens with zero attached hydrogens (tertiary/aromatic N) is 2. The van der Waals surface area contributed by atoms with E-state index in [0.29, 0.717) is 12.6 Å². The first-order valence-electron chi connectivity index (χ1n) is 7.51. The standard InChI is InChI=1S/C16H27N3O/c1-4-19-9-7-14(8-10-19)18(2)16-11-15(20-3)6-5-13(16)12-17/h5-6,11,14H,4,7-10,12,17H2,1-3H3. The van der Waals surface area contributed by atoms with Gasteiger partial charge in [-0.2, -0.15) is 0 Å². The topological polar surface area (TPSA) is 41.7 Å². The van der Waals surface area contributed by atoms with Gasteiger partial charge in [-0.05, 0) is 31.0 Å². The Labute approximate surface area is 122 Å². The molecule has 1 heterocycles. The summed E-state index contributed by atoms with van der Waals surface area (Å²) in [5.74, 6) is 0.898. The molecular weight excluding hydrogens is 250 g/mol. The van der Waals surface area contributed by atoms with Crippen molar-refractivity contribution in [2.45, 2.75) is 32.4 Å². The number of benzene rings is 1. The van der Waals surface area contributed by atoms with Gasteiger partial charge in [0.15, 0.2) is 0 Å². The van der Waals surface area contributed by atoms with Crippen LogP contribution in [0.15, 0.2) is 18.2 Å². The van der Waals surface area contributed by atoms with Crippen molar-refractivity contribution < 1.29 is 4.74 Å². The van der Waals surface area contributed by atoms with Crippen LogP contribution in [-0.4, -0.2) is 44.7 Å². The van der Waals surface area contributed by atoms with E-state index in [1.807, 2.05) is 6.07 Å². The van der Waals surface area contributed by atoms with Crippen molar-refractivity contribution in [2.75, 3.05) is 38.7 Å². The van der Waals surface area contributed by atoms with E-state index in [1.165, 1.54) is 37.2 Å². The van der Waals surface area contributed by atoms with Gasteiger partial charge in [0.05, 0.1) is 7.11 Å². The Morgan fingerprint density at radius 2 is 2.05 bits per heavy atom. The minimum atomic E-state index is 0.567. The molecule has 0 spiro atoms. The van der Waals surface area contributed by atoms with Crippen molar-refractivity contribution in [1.29, 1.82) is 0 Å². The van der Waals surface area contributed by atoms with Gasteiger partial charge in [-0.3, -0.25) is 0 Å². The van der Waals surface area contributed by atoms with Gasteiger partial charge in [0, 0.05) is 44.5 Å². The van der Waals surface area contributed by atoms with E-state index >= 15 is 0 Å². The van der Waals surface area contributed by atoms with Crippen LogP contribution >= 0.6 is 0 Å². The Morgan fingerprint density at radius 3 is 2.60 bits per heavy atom. The molecule has 112 valence electrons. The van der Waals surface area contributed by atoms with Crippen molar-refractivity contribution in [1.82, 2.24) is 4.90 Å². The lowest BCUT2D eigenvalue weighted by molar-refractivity contribution is 0.220. The molecule has 0 amide bonds. The SMILES string of the molecule is CCN1CCC(N(C)c2cc(OC)ccc2CN)CC1. The first-order valence-corrected chi connectivity index (χ1v) is 7.51. The Morgan fingerprint density at radius 1 is 1.35 bits per heavy atom. The third-order valence-corrected chi connectivity index (χ3v) is 4.44. The molecule has 1 aromatic carbocycles. The van der Waals surface area contributed by atoms with Crippen LogP contribution in [0.25, 0.3) is 0 Å². The second kappa shape index (κ2) is 6.95. The monoisotopic (exact) mass is 277 g/mol. The Bertz CT molecular complexity index is 428. The van der Waals surface area contributed by atoms with E-state index in [1.54, 1.807) is 7.11 Å². The van der Waals surface area contributed by atoms with Crippen LogP contribution in [0.3, 0.4) is 0 Å². The van der Waals surface area contributed by atoms with Crippen LogP contribution in [0.1, 0.15) is 25.3 Å². The number of anilines is 1. The second-order valence-corrected chi connectivity index (χ2v) is 5.48. The molecule has 0 unspecified atom stereocenters. The third kappa shape index (κ3) is 3.25. The van der Waals surface area contributed by atoms with Gasteiger partial charge in [0.1, 0.15) is 5.75 Å². The zero-order valence-corrected chi connectivity index (χ0v) is 12.9. The first kappa shape index (κ1) is 15.1. The van der Waals surface area contributed by atoms with Crippen LogP contribution in [0.2, 0.25) is 0 Å². The maximum atomic E-state index is 5.88. The van der Waals surface area contributed by atoms with Crippen molar-refractivity contribution in [2.24, 2.45) is 5.73 Å². The number of methoxy groups -OCH3 is 1. The van der Waals surface area contributed by atoms with E-state index in [0.717, 1.165) is 12.3 Å². The van der Waals surface area contributed by atoms with Crippen LogP contribution in [-0.2, 0) is 6.54 Å². The number of likely N-dealkylation sites (tertiary alicyclic amines) is 1. The smallest absolute Gasteiger partial charge is 0.120 e. The summed E-state index contributed by atoms with van der Waals surface area (Å²) in [6.45, 7) is 6.33. The summed E-state index contributed by atoms with van der Waals surface area (Å²) in [5, 5.41) is 0. The zero-order chi connectivity index (χ0) is 14.5. The van der Waals surface area contributed by atoms with Gasteiger partial charge in [0.2, 0.25) is 0 Å². The predicted molar refractivity (Wildman–Crippen MR) is 84.4 cm³/mol. The van der Waals surface area contributed by atoms with E-state index in [9.17, 15) is 0 Å². The molecule has 1 aliphatic rings. The second-order valence-electron chi connectivity index (χ2n) is 5.48. The number of nitrogens with two attached hydrogens (primary N) is 1. The molecule has 0 bridgehead atoms. The number of ether oxygens (including phenoxy) is 1. The normalized spacial score (nSPS) is 17.2. The fourth-order valence-electron chi connectivity index (χ4n) is 2.99. The van der Waals surface area contributed by atoms with Crippen molar-refractivity contribution in [3.8, 4) is 5.75 Å². The largest absolute Gasteiger partial charge is 0.497 e. The molecule has 1 aliphatic heterocycles. The highest BCUT2D eigenvalue weighted by atomic mass is 16.5. The highest BCUT2D eigenvalue weighted by Crippen LogP contribution is 2.29. The molecule has 1 saturated heterocycles. The minimum absolute atomic E-state index is 0.567. The van der Waals surface area contributed by atoms with Gasteiger partial charge >= 0.3 is 0 Å². The van der Waals surface area contributed by atoms with Gasteiger partial charge in [-0.1, -0.05) is 13.0 Å². The molecule has 0 aromatic heterocycles. The van der Waals surface area contributed by atoms with E-state index in [-0.39, 0.29) is 0 Å². The lowest BCUT2D eigenvalue weighted by Gasteiger charge is -2.38. The fraction of sp³-hybridized carbons (Fsp3) is 0.625. The van der Waals surface area contributed by atoms with Crippen LogP contribution in [0.5, 0.6) is 5.75 Å². The summed E-state index contributed by atoms with van der Waals surface area (Å²) in [6.07, 6.45) is 2.43. The van der Waals surface area contributed by atoms with Crippen LogP contribution in [0, 0.1) is 0 Å². The fourth-order valence-corrected chi connectivity index (χ4v) is 2.99. The third-order valence-electron chi connectivity index (χ3n) is 4.44. The molecule has 4 nitrogen and oxygen atoms in total. The van der Waals surface area contributed by atoms with Gasteiger partial charge in [-0.15, -0.1) is 0 Å². The van der Waals surface area contributed by atoms with E-state index in [4.69, 9.17) is 10.5 Å². The minimum Gasteiger partial charge on any atom is -0.497 e. The summed E-state index contributed by atoms with van der Waals surface area (Å²) in [4.78, 5) is 4.90. The first-order chi connectivity index (χ1) is 9.69. The molecule has 2 rings (SSSR count). The van der Waals surface area contributed by atoms with Crippen molar-refractivity contribution in [3.05, 3.63) is 23.8 Å². The molecular formula is C16H27N3O. The van der Waals surface area contributed by atoms with Crippen molar-refractivity contribution in [3.63, 3.8) is 0 Å². The van der Waals surface area contributed by atoms with Crippen molar-refractivity contribution >= 4 is 5.69 Å². The summed E-state index contributed by atoms with van der Waals surface area (Å²) in [6, 6.07) is 6.76. The molecule has 20 heavy (non-hydrogen) atoms. The Hall–Kier alpha value is -1.26. The molecule has 1 aromatic rings. The maximum Gasteiger partial charge on any atom is 0.120 e. The molecule has 4 heteroatoms. The molecule has 0 atom stereocenters. The lowest BCUT2D eigenvalue weighted by Crippen LogP contribution is -2.43. The highest BCUT2D eigenvalue weighted by molar-refractivity contribution is 5.57. The Kier molecular flexibility index (Phi) is 5.26. The van der Waals surface area contributed by atoms with Gasteiger partial charge < -0.3 is 20.3 Å². The maximum absolute atomic E-state index is 5.88. The zero-order valence-electron chi connectivity index (χ0n) is 12.9. The molecule has 0 aliphatic carbocycles. The quantitative estimate of drug-likeness (QED) is 0.894. The van der Waals surface area contributed by atoms with E-state index in [2.05, 4.69) is 35.9 Å². The highest BCUT2D eigenvalue weighted by Gasteiger charge is 2.23. The average Bonchev–Trinajstić information content (AvgIpc) is 2.53. The van der Waals surface area contributed by atoms with E-state index < -0.39 is 0 Å². The number of hydrogen-bond donors (Lipinski definition) is 1. The predicted octanol–water partition coefficient (Wildman–Crippen LogP) is 2.07. The molecule has 2 N–H and O–H groups in total. The summed E-state index contributed by atoms with van der Waals surface area (Å²) in [5.41, 5.74) is 8.27. The number of hydrogen-bond acceptors (Lipinski definition) is 4. The molecule has 0 radical (unpaired) electrons. The lowest BCUT2D eigenvalue weighted by atomic mass is 10.0. The summed E-state index contributed by atoms with van der Waals surface area (Å²) in [7, 11) is 3.89. The summed E-state index contributed by atoms with van der Waals surface area (Å²) < 4.78 is 5.35. The van der Waals surface area contributed by atoms with Gasteiger partial charge in [0.25, 0.3) is 0 Å². The Balaban J connectivity index is 2.13. The number of rotatable bonds is 5. The van der Waals surface area contributed by atoms with Crippen LogP contribution in [0.4, 0.5) is 5.69 Å². The number of piperidine rings is 1.